The molecule has 0 radical (unpaired) electrons. The van der Waals surface area contributed by atoms with E-state index in [1.165, 1.54) is 12.1 Å². The highest BCUT2D eigenvalue weighted by Gasteiger charge is 2.24. The Bertz CT molecular complexity index is 781. The summed E-state index contributed by atoms with van der Waals surface area (Å²) in [7, 11) is 0. The lowest BCUT2D eigenvalue weighted by Crippen LogP contribution is -2.13. The Morgan fingerprint density at radius 1 is 1.26 bits per heavy atom. The van der Waals surface area contributed by atoms with Crippen LogP contribution >= 0.6 is 34.8 Å². The molecule has 4 nitrogen and oxygen atoms in total. The summed E-state index contributed by atoms with van der Waals surface area (Å²) in [6.07, 6.45) is 0. The van der Waals surface area contributed by atoms with Crippen LogP contribution in [0.4, 0.5) is 4.39 Å². The van der Waals surface area contributed by atoms with Gasteiger partial charge in [0, 0.05) is 6.07 Å². The third-order valence-corrected chi connectivity index (χ3v) is 4.25. The molecule has 0 spiro atoms. The van der Waals surface area contributed by atoms with E-state index in [1.54, 1.807) is 6.07 Å². The van der Waals surface area contributed by atoms with Crippen LogP contribution in [0.25, 0.3) is 0 Å². The molecule has 2 rings (SSSR count). The molecule has 0 aliphatic heterocycles. The normalized spacial score (nSPS) is 10.9. The van der Waals surface area contributed by atoms with E-state index in [0.29, 0.717) is 5.56 Å². The maximum atomic E-state index is 13.8. The summed E-state index contributed by atoms with van der Waals surface area (Å²) in [6.45, 7) is 3.80. The highest BCUT2D eigenvalue weighted by molar-refractivity contribution is 6.48. The molecule has 2 aromatic rings. The Labute approximate surface area is 146 Å². The number of rotatable bonds is 3. The first-order valence-corrected chi connectivity index (χ1v) is 7.60. The SMILES string of the molecule is CC(C)c1ccc(OC(=O)c2c(F)nc(Cl)c(Cl)c2Cl)cc1O. The summed E-state index contributed by atoms with van der Waals surface area (Å²) in [4.78, 5) is 15.4. The summed E-state index contributed by atoms with van der Waals surface area (Å²) in [5.74, 6) is -2.22. The van der Waals surface area contributed by atoms with E-state index in [2.05, 4.69) is 4.98 Å². The van der Waals surface area contributed by atoms with Crippen LogP contribution in [0.5, 0.6) is 11.5 Å². The molecule has 0 unspecified atom stereocenters. The topological polar surface area (TPSA) is 59.4 Å². The molecular weight excluding hydrogens is 368 g/mol. The lowest BCUT2D eigenvalue weighted by Gasteiger charge is -2.11. The molecule has 23 heavy (non-hydrogen) atoms. The number of benzene rings is 1. The highest BCUT2D eigenvalue weighted by atomic mass is 35.5. The van der Waals surface area contributed by atoms with E-state index in [1.807, 2.05) is 13.8 Å². The molecule has 1 aromatic heterocycles. The maximum Gasteiger partial charge on any atom is 0.349 e. The average Bonchev–Trinajstić information content (AvgIpc) is 2.44. The first-order valence-electron chi connectivity index (χ1n) is 6.47. The fourth-order valence-corrected chi connectivity index (χ4v) is 2.49. The molecule has 1 aromatic carbocycles. The zero-order chi connectivity index (χ0) is 17.3. The molecule has 0 fully saturated rings. The van der Waals surface area contributed by atoms with Crippen LogP contribution in [0.3, 0.4) is 0 Å². The van der Waals surface area contributed by atoms with E-state index in [4.69, 9.17) is 39.5 Å². The first-order chi connectivity index (χ1) is 10.7. The van der Waals surface area contributed by atoms with Gasteiger partial charge in [-0.25, -0.2) is 9.78 Å². The third-order valence-electron chi connectivity index (χ3n) is 3.03. The second kappa shape index (κ2) is 6.91. The zero-order valence-electron chi connectivity index (χ0n) is 12.0. The van der Waals surface area contributed by atoms with E-state index in [0.717, 1.165) is 0 Å². The van der Waals surface area contributed by atoms with Crippen LogP contribution in [0.2, 0.25) is 15.2 Å². The summed E-state index contributed by atoms with van der Waals surface area (Å²) < 4.78 is 18.8. The minimum absolute atomic E-state index is 0.0263. The van der Waals surface area contributed by atoms with Crippen molar-refractivity contribution in [1.82, 2.24) is 4.98 Å². The molecule has 1 heterocycles. The number of carbonyl (C=O) groups is 1. The van der Waals surface area contributed by atoms with Gasteiger partial charge in [-0.15, -0.1) is 0 Å². The molecular formula is C15H11Cl3FNO3. The molecule has 0 bridgehead atoms. The number of phenolic OH excluding ortho intramolecular Hbond substituents is 1. The number of aromatic hydroxyl groups is 1. The molecule has 1 N–H and O–H groups in total. The smallest absolute Gasteiger partial charge is 0.349 e. The van der Waals surface area contributed by atoms with Gasteiger partial charge in [-0.2, -0.15) is 4.39 Å². The monoisotopic (exact) mass is 377 g/mol. The van der Waals surface area contributed by atoms with Gasteiger partial charge in [0.1, 0.15) is 17.1 Å². The second-order valence-corrected chi connectivity index (χ2v) is 6.08. The molecule has 0 aliphatic rings. The first kappa shape index (κ1) is 17.8. The number of hydrogen-bond donors (Lipinski definition) is 1. The van der Waals surface area contributed by atoms with Gasteiger partial charge in [-0.3, -0.25) is 0 Å². The van der Waals surface area contributed by atoms with Gasteiger partial charge in [-0.1, -0.05) is 54.7 Å². The Balaban J connectivity index is 2.34. The Hall–Kier alpha value is -1.56. The van der Waals surface area contributed by atoms with Gasteiger partial charge in [0.05, 0.1) is 10.0 Å². The van der Waals surface area contributed by atoms with Crippen LogP contribution in [-0.4, -0.2) is 16.1 Å². The maximum absolute atomic E-state index is 13.8. The molecule has 0 atom stereocenters. The van der Waals surface area contributed by atoms with Crippen molar-refractivity contribution in [2.45, 2.75) is 19.8 Å². The van der Waals surface area contributed by atoms with Crippen LogP contribution in [0.15, 0.2) is 18.2 Å². The number of aromatic nitrogens is 1. The summed E-state index contributed by atoms with van der Waals surface area (Å²) in [5, 5.41) is 8.89. The van der Waals surface area contributed by atoms with E-state index in [-0.39, 0.29) is 27.6 Å². The van der Waals surface area contributed by atoms with E-state index in [9.17, 15) is 14.3 Å². The Kier molecular flexibility index (Phi) is 5.34. The second-order valence-electron chi connectivity index (χ2n) is 4.96. The Morgan fingerprint density at radius 2 is 1.91 bits per heavy atom. The van der Waals surface area contributed by atoms with Gasteiger partial charge in [0.25, 0.3) is 0 Å². The minimum atomic E-state index is -1.20. The fourth-order valence-electron chi connectivity index (χ4n) is 1.89. The minimum Gasteiger partial charge on any atom is -0.508 e. The Morgan fingerprint density at radius 3 is 2.48 bits per heavy atom. The molecule has 0 aliphatic carbocycles. The number of phenols is 1. The third kappa shape index (κ3) is 3.68. The van der Waals surface area contributed by atoms with Gasteiger partial charge < -0.3 is 9.84 Å². The highest BCUT2D eigenvalue weighted by Crippen LogP contribution is 2.34. The van der Waals surface area contributed by atoms with Gasteiger partial charge in [0.2, 0.25) is 5.95 Å². The fraction of sp³-hybridized carbons (Fsp3) is 0.200. The van der Waals surface area contributed by atoms with Crippen molar-refractivity contribution in [3.8, 4) is 11.5 Å². The predicted molar refractivity (Wildman–Crippen MR) is 86.4 cm³/mol. The van der Waals surface area contributed by atoms with E-state index < -0.39 is 22.5 Å². The lowest BCUT2D eigenvalue weighted by molar-refractivity contribution is 0.0729. The van der Waals surface area contributed by atoms with E-state index >= 15 is 0 Å². The van der Waals surface area contributed by atoms with Gasteiger partial charge >= 0.3 is 5.97 Å². The van der Waals surface area contributed by atoms with Gasteiger partial charge in [-0.05, 0) is 17.5 Å². The molecule has 0 saturated carbocycles. The number of halogens is 4. The van der Waals surface area contributed by atoms with Crippen molar-refractivity contribution in [1.29, 1.82) is 0 Å². The van der Waals surface area contributed by atoms with Crippen molar-refractivity contribution in [3.05, 3.63) is 50.5 Å². The number of hydrogen-bond acceptors (Lipinski definition) is 4. The van der Waals surface area contributed by atoms with Crippen molar-refractivity contribution in [2.75, 3.05) is 0 Å². The standard InChI is InChI=1S/C15H11Cl3FNO3/c1-6(2)8-4-3-7(5-9(8)21)23-15(22)10-11(16)12(17)13(18)20-14(10)19/h3-6,21H,1-2H3. The van der Waals surface area contributed by atoms with Crippen LogP contribution in [0.1, 0.15) is 35.7 Å². The number of nitrogens with zero attached hydrogens (tertiary/aromatic N) is 1. The van der Waals surface area contributed by atoms with Crippen molar-refractivity contribution in [3.63, 3.8) is 0 Å². The van der Waals surface area contributed by atoms with Crippen molar-refractivity contribution in [2.24, 2.45) is 0 Å². The summed E-state index contributed by atoms with van der Waals surface area (Å²) in [5.41, 5.74) is 0.0544. The summed E-state index contributed by atoms with van der Waals surface area (Å²) in [6, 6.07) is 4.33. The quantitative estimate of drug-likeness (QED) is 0.451. The number of pyridine rings is 1. The largest absolute Gasteiger partial charge is 0.508 e. The van der Waals surface area contributed by atoms with Crippen LogP contribution in [0, 0.1) is 5.95 Å². The predicted octanol–water partition coefficient (Wildman–Crippen LogP) is 5.23. The average molecular weight is 379 g/mol. The number of carbonyl (C=O) groups excluding carboxylic acids is 1. The summed E-state index contributed by atoms with van der Waals surface area (Å²) >= 11 is 17.1. The number of esters is 1. The molecule has 0 amide bonds. The van der Waals surface area contributed by atoms with Crippen molar-refractivity contribution < 1.29 is 19.0 Å². The molecule has 0 saturated heterocycles. The zero-order valence-corrected chi connectivity index (χ0v) is 14.3. The molecule has 8 heteroatoms. The number of ether oxygens (including phenoxy) is 1. The van der Waals surface area contributed by atoms with Crippen LogP contribution < -0.4 is 4.74 Å². The molecule has 122 valence electrons. The van der Waals surface area contributed by atoms with Crippen LogP contribution in [-0.2, 0) is 0 Å². The van der Waals surface area contributed by atoms with Crippen molar-refractivity contribution >= 4 is 40.8 Å². The van der Waals surface area contributed by atoms with Gasteiger partial charge in [0.15, 0.2) is 5.15 Å². The lowest BCUT2D eigenvalue weighted by atomic mass is 10.0.